The van der Waals surface area contributed by atoms with E-state index in [1.807, 2.05) is 0 Å². The highest BCUT2D eigenvalue weighted by molar-refractivity contribution is 6.33. The first-order chi connectivity index (χ1) is 12.8. The van der Waals surface area contributed by atoms with Crippen LogP contribution in [0.4, 0.5) is 24.8 Å². The van der Waals surface area contributed by atoms with Crippen molar-refractivity contribution < 1.29 is 17.9 Å². The molecule has 1 aromatic heterocycles. The number of ether oxygens (including phenoxy) is 1. The molecule has 0 atom stereocenters. The fourth-order valence-corrected chi connectivity index (χ4v) is 2.54. The van der Waals surface area contributed by atoms with Gasteiger partial charge in [0.15, 0.2) is 0 Å². The number of nitrogens with zero attached hydrogens (tertiary/aromatic N) is 1. The molecule has 5 nitrogen and oxygen atoms in total. The van der Waals surface area contributed by atoms with Crippen molar-refractivity contribution in [2.45, 2.75) is 6.18 Å². The maximum absolute atomic E-state index is 12.9. The Kier molecular flexibility index (Phi) is 5.09. The number of aromatic amines is 1. The summed E-state index contributed by atoms with van der Waals surface area (Å²) in [6.45, 7) is 0. The fourth-order valence-electron chi connectivity index (χ4n) is 2.37. The Morgan fingerprint density at radius 3 is 2.63 bits per heavy atom. The minimum Gasteiger partial charge on any atom is -0.497 e. The Balaban J connectivity index is 1.99. The second kappa shape index (κ2) is 7.32. The van der Waals surface area contributed by atoms with Crippen LogP contribution in [0.25, 0.3) is 11.3 Å². The average Bonchev–Trinajstić information content (AvgIpc) is 2.62. The molecule has 0 unspecified atom stereocenters. The van der Waals surface area contributed by atoms with Gasteiger partial charge in [-0.15, -0.1) is 0 Å². The third kappa shape index (κ3) is 4.40. The van der Waals surface area contributed by atoms with Gasteiger partial charge in [-0.1, -0.05) is 23.7 Å². The van der Waals surface area contributed by atoms with E-state index in [9.17, 15) is 18.0 Å². The van der Waals surface area contributed by atoms with Crippen LogP contribution in [0.15, 0.2) is 53.3 Å². The molecule has 0 aliphatic carbocycles. The second-order valence-corrected chi connectivity index (χ2v) is 5.94. The van der Waals surface area contributed by atoms with Gasteiger partial charge >= 0.3 is 6.18 Å². The Hall–Kier alpha value is -3.00. The summed E-state index contributed by atoms with van der Waals surface area (Å²) in [5.41, 5.74) is -0.451. The summed E-state index contributed by atoms with van der Waals surface area (Å²) in [6, 6.07) is 11.0. The van der Waals surface area contributed by atoms with Crippen LogP contribution < -0.4 is 15.6 Å². The van der Waals surface area contributed by atoms with Gasteiger partial charge in [-0.25, -0.2) is 4.98 Å². The number of H-pyrrole nitrogens is 1. The predicted octanol–water partition coefficient (Wildman–Crippen LogP) is 4.86. The molecule has 0 aliphatic heterocycles. The molecule has 0 amide bonds. The number of alkyl halides is 3. The van der Waals surface area contributed by atoms with Gasteiger partial charge in [0.25, 0.3) is 5.56 Å². The SMILES string of the molecule is COc1cccc(-c2cc(=O)[nH]c(Nc3cc(C(F)(F)F)ccc3Cl)n2)c1. The van der Waals surface area contributed by atoms with Crippen LogP contribution in [0.3, 0.4) is 0 Å². The zero-order chi connectivity index (χ0) is 19.6. The summed E-state index contributed by atoms with van der Waals surface area (Å²) in [7, 11) is 1.51. The van der Waals surface area contributed by atoms with Crippen LogP contribution >= 0.6 is 11.6 Å². The van der Waals surface area contributed by atoms with Crippen molar-refractivity contribution in [3.05, 3.63) is 69.5 Å². The lowest BCUT2D eigenvalue weighted by Gasteiger charge is -2.12. The topological polar surface area (TPSA) is 67.0 Å². The van der Waals surface area contributed by atoms with E-state index in [1.54, 1.807) is 24.3 Å². The first-order valence-electron chi connectivity index (χ1n) is 7.66. The van der Waals surface area contributed by atoms with Crippen molar-refractivity contribution >= 4 is 23.2 Å². The fraction of sp³-hybridized carbons (Fsp3) is 0.111. The largest absolute Gasteiger partial charge is 0.497 e. The minimum atomic E-state index is -4.52. The maximum atomic E-state index is 12.9. The van der Waals surface area contributed by atoms with Gasteiger partial charge in [0.05, 0.1) is 29.1 Å². The molecule has 2 N–H and O–H groups in total. The molecule has 3 rings (SSSR count). The summed E-state index contributed by atoms with van der Waals surface area (Å²) in [5.74, 6) is 0.534. The monoisotopic (exact) mass is 395 g/mol. The lowest BCUT2D eigenvalue weighted by atomic mass is 10.1. The van der Waals surface area contributed by atoms with E-state index in [0.29, 0.717) is 17.0 Å². The summed E-state index contributed by atoms with van der Waals surface area (Å²) >= 11 is 5.97. The smallest absolute Gasteiger partial charge is 0.416 e. The predicted molar refractivity (Wildman–Crippen MR) is 96.6 cm³/mol. The van der Waals surface area contributed by atoms with Crippen LogP contribution in [0, 0.1) is 0 Å². The number of benzene rings is 2. The number of anilines is 2. The molecule has 0 aliphatic rings. The molecule has 0 bridgehead atoms. The Bertz CT molecular complexity index is 1030. The van der Waals surface area contributed by atoms with E-state index in [0.717, 1.165) is 18.2 Å². The standard InChI is InChI=1S/C18H13ClF3N3O2/c1-27-12-4-2-3-10(7-12)14-9-16(26)25-17(23-14)24-15-8-11(18(20,21)22)5-6-13(15)19/h2-9H,1H3,(H2,23,24,25,26). The van der Waals surface area contributed by atoms with Gasteiger partial charge in [-0.3, -0.25) is 9.78 Å². The van der Waals surface area contributed by atoms with E-state index >= 15 is 0 Å². The van der Waals surface area contributed by atoms with Gasteiger partial charge in [0.2, 0.25) is 5.95 Å². The molecular formula is C18H13ClF3N3O2. The molecule has 0 saturated heterocycles. The number of methoxy groups -OCH3 is 1. The number of hydrogen-bond donors (Lipinski definition) is 2. The maximum Gasteiger partial charge on any atom is 0.416 e. The second-order valence-electron chi connectivity index (χ2n) is 5.53. The summed E-state index contributed by atoms with van der Waals surface area (Å²) in [6.07, 6.45) is -4.52. The van der Waals surface area contributed by atoms with Crippen LogP contribution in [0.5, 0.6) is 5.75 Å². The molecular weight excluding hydrogens is 383 g/mol. The Labute approximate surface area is 156 Å². The highest BCUT2D eigenvalue weighted by Gasteiger charge is 2.31. The van der Waals surface area contributed by atoms with Crippen LogP contribution in [-0.4, -0.2) is 17.1 Å². The molecule has 9 heteroatoms. The third-order valence-electron chi connectivity index (χ3n) is 3.65. The normalized spacial score (nSPS) is 11.3. The zero-order valence-electron chi connectivity index (χ0n) is 13.9. The van der Waals surface area contributed by atoms with Crippen molar-refractivity contribution in [3.63, 3.8) is 0 Å². The average molecular weight is 396 g/mol. The highest BCUT2D eigenvalue weighted by Crippen LogP contribution is 2.34. The molecule has 3 aromatic rings. The summed E-state index contributed by atoms with van der Waals surface area (Å²) in [4.78, 5) is 18.6. The molecule has 140 valence electrons. The van der Waals surface area contributed by atoms with Crippen molar-refractivity contribution in [3.8, 4) is 17.0 Å². The number of hydrogen-bond acceptors (Lipinski definition) is 4. The molecule has 0 saturated carbocycles. The zero-order valence-corrected chi connectivity index (χ0v) is 14.7. The number of halogens is 4. The highest BCUT2D eigenvalue weighted by atomic mass is 35.5. The van der Waals surface area contributed by atoms with Gasteiger partial charge in [-0.2, -0.15) is 13.2 Å². The molecule has 0 fully saturated rings. The summed E-state index contributed by atoms with van der Waals surface area (Å²) in [5, 5.41) is 2.69. The van der Waals surface area contributed by atoms with Gasteiger partial charge in [0, 0.05) is 11.6 Å². The molecule has 0 radical (unpaired) electrons. The van der Waals surface area contributed by atoms with E-state index in [2.05, 4.69) is 15.3 Å². The van der Waals surface area contributed by atoms with Crippen LogP contribution in [-0.2, 0) is 6.18 Å². The number of aromatic nitrogens is 2. The first kappa shape index (κ1) is 18.8. The van der Waals surface area contributed by atoms with Gasteiger partial charge in [0.1, 0.15) is 5.75 Å². The van der Waals surface area contributed by atoms with Gasteiger partial charge in [-0.05, 0) is 30.3 Å². The molecule has 2 aromatic carbocycles. The molecule has 27 heavy (non-hydrogen) atoms. The first-order valence-corrected chi connectivity index (χ1v) is 8.03. The lowest BCUT2D eigenvalue weighted by Crippen LogP contribution is -2.11. The Morgan fingerprint density at radius 2 is 1.93 bits per heavy atom. The Morgan fingerprint density at radius 1 is 1.15 bits per heavy atom. The van der Waals surface area contributed by atoms with E-state index in [4.69, 9.17) is 16.3 Å². The van der Waals surface area contributed by atoms with E-state index in [1.165, 1.54) is 13.2 Å². The van der Waals surface area contributed by atoms with Crippen LogP contribution in [0.1, 0.15) is 5.56 Å². The van der Waals surface area contributed by atoms with Crippen molar-refractivity contribution in [2.75, 3.05) is 12.4 Å². The van der Waals surface area contributed by atoms with Crippen molar-refractivity contribution in [2.24, 2.45) is 0 Å². The number of rotatable bonds is 4. The van der Waals surface area contributed by atoms with Crippen molar-refractivity contribution in [1.82, 2.24) is 9.97 Å². The van der Waals surface area contributed by atoms with Crippen LogP contribution in [0.2, 0.25) is 5.02 Å². The summed E-state index contributed by atoms with van der Waals surface area (Å²) < 4.78 is 43.8. The lowest BCUT2D eigenvalue weighted by molar-refractivity contribution is -0.137. The molecule has 0 spiro atoms. The minimum absolute atomic E-state index is 0.0302. The van der Waals surface area contributed by atoms with Gasteiger partial charge < -0.3 is 10.1 Å². The number of nitrogens with one attached hydrogen (secondary N) is 2. The van der Waals surface area contributed by atoms with E-state index < -0.39 is 17.3 Å². The third-order valence-corrected chi connectivity index (χ3v) is 3.98. The molecule has 1 heterocycles. The quantitative estimate of drug-likeness (QED) is 0.662. The van der Waals surface area contributed by atoms with Crippen molar-refractivity contribution in [1.29, 1.82) is 0 Å². The van der Waals surface area contributed by atoms with E-state index in [-0.39, 0.29) is 16.7 Å².